The van der Waals surface area contributed by atoms with Crippen molar-refractivity contribution in [3.63, 3.8) is 0 Å². The SMILES string of the molecule is Cc1ccc(N2CCN(C)C(CCC(=O)O)C2)cc1. The molecule has 0 amide bonds. The lowest BCUT2D eigenvalue weighted by Crippen LogP contribution is -2.51. The molecule has 1 fully saturated rings. The van der Waals surface area contributed by atoms with Crippen LogP contribution in [0.3, 0.4) is 0 Å². The van der Waals surface area contributed by atoms with E-state index < -0.39 is 5.97 Å². The lowest BCUT2D eigenvalue weighted by atomic mass is 10.1. The maximum atomic E-state index is 10.7. The van der Waals surface area contributed by atoms with Gasteiger partial charge in [-0.2, -0.15) is 0 Å². The minimum absolute atomic E-state index is 0.247. The topological polar surface area (TPSA) is 43.8 Å². The summed E-state index contributed by atoms with van der Waals surface area (Å²) in [6, 6.07) is 8.87. The molecule has 4 nitrogen and oxygen atoms in total. The summed E-state index contributed by atoms with van der Waals surface area (Å²) in [5, 5.41) is 8.81. The van der Waals surface area contributed by atoms with Crippen LogP contribution in [0.25, 0.3) is 0 Å². The molecule has 1 aromatic rings. The molecule has 1 saturated heterocycles. The minimum Gasteiger partial charge on any atom is -0.481 e. The number of aliphatic carboxylic acids is 1. The number of anilines is 1. The zero-order valence-corrected chi connectivity index (χ0v) is 11.7. The second-order valence-electron chi connectivity index (χ2n) is 5.35. The van der Waals surface area contributed by atoms with Crippen molar-refractivity contribution >= 4 is 11.7 Å². The van der Waals surface area contributed by atoms with Crippen LogP contribution in [0, 0.1) is 6.92 Å². The molecular weight excluding hydrogens is 240 g/mol. The van der Waals surface area contributed by atoms with Gasteiger partial charge in [0.2, 0.25) is 0 Å². The summed E-state index contributed by atoms with van der Waals surface area (Å²) in [5.74, 6) is -0.708. The van der Waals surface area contributed by atoms with Gasteiger partial charge in [-0.05, 0) is 32.5 Å². The molecule has 0 aliphatic carbocycles. The number of benzene rings is 1. The fourth-order valence-electron chi connectivity index (χ4n) is 2.54. The van der Waals surface area contributed by atoms with Crippen molar-refractivity contribution in [2.75, 3.05) is 31.6 Å². The van der Waals surface area contributed by atoms with Crippen LogP contribution in [-0.2, 0) is 4.79 Å². The van der Waals surface area contributed by atoms with Gasteiger partial charge in [0.1, 0.15) is 0 Å². The maximum Gasteiger partial charge on any atom is 0.303 e. The zero-order chi connectivity index (χ0) is 13.8. The lowest BCUT2D eigenvalue weighted by Gasteiger charge is -2.40. The Morgan fingerprint density at radius 2 is 2.00 bits per heavy atom. The first-order chi connectivity index (χ1) is 9.06. The average molecular weight is 262 g/mol. The van der Waals surface area contributed by atoms with Gasteiger partial charge < -0.3 is 10.0 Å². The predicted octanol–water partition coefficient (Wildman–Crippen LogP) is 1.98. The monoisotopic (exact) mass is 262 g/mol. The van der Waals surface area contributed by atoms with Crippen molar-refractivity contribution in [2.45, 2.75) is 25.8 Å². The quantitative estimate of drug-likeness (QED) is 0.901. The van der Waals surface area contributed by atoms with E-state index in [1.807, 2.05) is 0 Å². The van der Waals surface area contributed by atoms with E-state index in [1.54, 1.807) is 0 Å². The Morgan fingerprint density at radius 3 is 2.63 bits per heavy atom. The molecule has 1 aliphatic rings. The van der Waals surface area contributed by atoms with Gasteiger partial charge in [-0.1, -0.05) is 17.7 Å². The molecule has 104 valence electrons. The Kier molecular flexibility index (Phi) is 4.43. The predicted molar refractivity (Wildman–Crippen MR) is 76.7 cm³/mol. The molecule has 1 atom stereocenters. The van der Waals surface area contributed by atoms with Crippen LogP contribution in [0.15, 0.2) is 24.3 Å². The Bertz CT molecular complexity index is 430. The first kappa shape index (κ1) is 13.9. The van der Waals surface area contributed by atoms with Crippen molar-refractivity contribution in [1.82, 2.24) is 4.90 Å². The van der Waals surface area contributed by atoms with E-state index >= 15 is 0 Å². The number of piperazine rings is 1. The van der Waals surface area contributed by atoms with Crippen molar-refractivity contribution < 1.29 is 9.90 Å². The second-order valence-corrected chi connectivity index (χ2v) is 5.35. The number of carbonyl (C=O) groups is 1. The zero-order valence-electron chi connectivity index (χ0n) is 11.7. The van der Waals surface area contributed by atoms with Crippen molar-refractivity contribution in [2.24, 2.45) is 0 Å². The van der Waals surface area contributed by atoms with E-state index in [9.17, 15) is 4.79 Å². The van der Waals surface area contributed by atoms with E-state index in [0.717, 1.165) is 19.6 Å². The van der Waals surface area contributed by atoms with Crippen LogP contribution in [0.4, 0.5) is 5.69 Å². The van der Waals surface area contributed by atoms with E-state index in [-0.39, 0.29) is 6.42 Å². The fourth-order valence-corrected chi connectivity index (χ4v) is 2.54. The third-order valence-corrected chi connectivity index (χ3v) is 3.87. The number of aryl methyl sites for hydroxylation is 1. The molecule has 1 aliphatic heterocycles. The van der Waals surface area contributed by atoms with Crippen molar-refractivity contribution in [1.29, 1.82) is 0 Å². The van der Waals surface area contributed by atoms with E-state index in [0.29, 0.717) is 12.5 Å². The molecule has 19 heavy (non-hydrogen) atoms. The van der Waals surface area contributed by atoms with Gasteiger partial charge >= 0.3 is 5.97 Å². The summed E-state index contributed by atoms with van der Waals surface area (Å²) in [4.78, 5) is 15.3. The number of hydrogen-bond donors (Lipinski definition) is 1. The van der Waals surface area contributed by atoms with Gasteiger partial charge in [-0.15, -0.1) is 0 Å². The average Bonchev–Trinajstić information content (AvgIpc) is 2.39. The van der Waals surface area contributed by atoms with Gasteiger partial charge in [0.15, 0.2) is 0 Å². The van der Waals surface area contributed by atoms with Crippen molar-refractivity contribution in [3.05, 3.63) is 29.8 Å². The minimum atomic E-state index is -0.708. The summed E-state index contributed by atoms with van der Waals surface area (Å²) in [6.45, 7) is 4.98. The molecule has 1 aromatic carbocycles. The normalized spacial score (nSPS) is 20.5. The molecule has 0 bridgehead atoms. The van der Waals surface area contributed by atoms with E-state index in [4.69, 9.17) is 5.11 Å². The maximum absolute atomic E-state index is 10.7. The van der Waals surface area contributed by atoms with Crippen LogP contribution >= 0.6 is 0 Å². The van der Waals surface area contributed by atoms with Gasteiger partial charge in [0.25, 0.3) is 0 Å². The fraction of sp³-hybridized carbons (Fsp3) is 0.533. The summed E-state index contributed by atoms with van der Waals surface area (Å²) in [6.07, 6.45) is 0.963. The highest BCUT2D eigenvalue weighted by molar-refractivity contribution is 5.66. The van der Waals surface area contributed by atoms with Crippen molar-refractivity contribution in [3.8, 4) is 0 Å². The number of likely N-dealkylation sites (N-methyl/N-ethyl adjacent to an activating group) is 1. The highest BCUT2D eigenvalue weighted by atomic mass is 16.4. The molecule has 0 spiro atoms. The van der Waals surface area contributed by atoms with E-state index in [1.165, 1.54) is 11.3 Å². The van der Waals surface area contributed by atoms with E-state index in [2.05, 4.69) is 48.0 Å². The van der Waals surface area contributed by atoms with Crippen LogP contribution in [0.5, 0.6) is 0 Å². The molecule has 1 unspecified atom stereocenters. The Balaban J connectivity index is 2.00. The van der Waals surface area contributed by atoms with Gasteiger partial charge in [0, 0.05) is 37.8 Å². The number of hydrogen-bond acceptors (Lipinski definition) is 3. The van der Waals surface area contributed by atoms with Gasteiger partial charge in [0.05, 0.1) is 0 Å². The van der Waals surface area contributed by atoms with Crippen LogP contribution in [-0.4, -0.2) is 48.7 Å². The third kappa shape index (κ3) is 3.70. The molecule has 0 aromatic heterocycles. The molecule has 2 rings (SSSR count). The van der Waals surface area contributed by atoms with Crippen LogP contribution < -0.4 is 4.90 Å². The van der Waals surface area contributed by atoms with Crippen LogP contribution in [0.1, 0.15) is 18.4 Å². The molecule has 0 saturated carbocycles. The largest absolute Gasteiger partial charge is 0.481 e. The smallest absolute Gasteiger partial charge is 0.303 e. The first-order valence-electron chi connectivity index (χ1n) is 6.80. The molecule has 4 heteroatoms. The lowest BCUT2D eigenvalue weighted by molar-refractivity contribution is -0.137. The van der Waals surface area contributed by atoms with Crippen LogP contribution in [0.2, 0.25) is 0 Å². The molecule has 1 N–H and O–H groups in total. The highest BCUT2D eigenvalue weighted by Crippen LogP contribution is 2.20. The van der Waals surface area contributed by atoms with Gasteiger partial charge in [-0.25, -0.2) is 0 Å². The number of carboxylic acids is 1. The molecular formula is C15H22N2O2. The summed E-state index contributed by atoms with van der Waals surface area (Å²) in [7, 11) is 2.08. The van der Waals surface area contributed by atoms with Gasteiger partial charge in [-0.3, -0.25) is 9.69 Å². The number of carboxylic acid groups (broad SMARTS) is 1. The Morgan fingerprint density at radius 1 is 1.32 bits per heavy atom. The third-order valence-electron chi connectivity index (χ3n) is 3.87. The Labute approximate surface area is 114 Å². The summed E-state index contributed by atoms with van der Waals surface area (Å²) >= 11 is 0. The molecule has 1 heterocycles. The Hall–Kier alpha value is -1.55. The molecule has 0 radical (unpaired) electrons. The standard InChI is InChI=1S/C15H22N2O2/c1-12-3-5-13(6-4-12)17-10-9-16(2)14(11-17)7-8-15(18)19/h3-6,14H,7-11H2,1-2H3,(H,18,19). The highest BCUT2D eigenvalue weighted by Gasteiger charge is 2.24. The second kappa shape index (κ2) is 6.06. The summed E-state index contributed by atoms with van der Waals surface area (Å²) < 4.78 is 0. The number of rotatable bonds is 4. The summed E-state index contributed by atoms with van der Waals surface area (Å²) in [5.41, 5.74) is 2.50. The first-order valence-corrected chi connectivity index (χ1v) is 6.80. The number of nitrogens with zero attached hydrogens (tertiary/aromatic N) is 2.